The summed E-state index contributed by atoms with van der Waals surface area (Å²) in [7, 11) is 0. The van der Waals surface area contributed by atoms with Crippen LogP contribution in [-0.4, -0.2) is 35.5 Å². The van der Waals surface area contributed by atoms with E-state index in [1.165, 1.54) is 0 Å². The van der Waals surface area contributed by atoms with E-state index < -0.39 is 0 Å². The molecule has 1 atom stereocenters. The zero-order valence-electron chi connectivity index (χ0n) is 11.4. The van der Waals surface area contributed by atoms with Crippen molar-refractivity contribution in [1.82, 2.24) is 0 Å². The largest absolute Gasteiger partial charge is 0.462 e. The number of esters is 1. The van der Waals surface area contributed by atoms with Crippen molar-refractivity contribution < 1.29 is 19.7 Å². The number of hydrogen-bond donors (Lipinski definition) is 2. The van der Waals surface area contributed by atoms with E-state index in [1.807, 2.05) is 0 Å². The monoisotopic (exact) mass is 258 g/mol. The maximum atomic E-state index is 11.0. The molecule has 0 aromatic rings. The summed E-state index contributed by atoms with van der Waals surface area (Å²) in [5, 5.41) is 18.2. The molecule has 4 heteroatoms. The smallest absolute Gasteiger partial charge is 0.333 e. The summed E-state index contributed by atoms with van der Waals surface area (Å²) in [5.74, 6) is -0.334. The van der Waals surface area contributed by atoms with Crippen molar-refractivity contribution >= 4 is 5.97 Å². The van der Waals surface area contributed by atoms with Gasteiger partial charge in [0.05, 0.1) is 12.7 Å². The Morgan fingerprint density at radius 3 is 2.33 bits per heavy atom. The van der Waals surface area contributed by atoms with Crippen LogP contribution in [0.1, 0.15) is 51.9 Å². The molecule has 1 unspecified atom stereocenters. The van der Waals surface area contributed by atoms with Crippen LogP contribution in [0.3, 0.4) is 0 Å². The van der Waals surface area contributed by atoms with E-state index in [0.29, 0.717) is 12.2 Å². The van der Waals surface area contributed by atoms with Crippen LogP contribution in [0.25, 0.3) is 0 Å². The highest BCUT2D eigenvalue weighted by atomic mass is 16.5. The molecule has 0 aromatic heterocycles. The van der Waals surface area contributed by atoms with Crippen LogP contribution in [0.15, 0.2) is 12.2 Å². The number of carbonyl (C=O) groups excluding carboxylic acids is 1. The zero-order chi connectivity index (χ0) is 13.8. The third-order valence-electron chi connectivity index (χ3n) is 2.71. The van der Waals surface area contributed by atoms with Crippen molar-refractivity contribution in [2.45, 2.75) is 58.0 Å². The summed E-state index contributed by atoms with van der Waals surface area (Å²) < 4.78 is 4.96. The van der Waals surface area contributed by atoms with E-state index >= 15 is 0 Å². The maximum Gasteiger partial charge on any atom is 0.333 e. The van der Waals surface area contributed by atoms with Crippen LogP contribution >= 0.6 is 0 Å². The quantitative estimate of drug-likeness (QED) is 0.339. The van der Waals surface area contributed by atoms with Crippen LogP contribution in [0.4, 0.5) is 0 Å². The van der Waals surface area contributed by atoms with E-state index in [-0.39, 0.29) is 18.7 Å². The molecule has 106 valence electrons. The number of carbonyl (C=O) groups is 1. The normalized spacial score (nSPS) is 12.2. The Kier molecular flexibility index (Phi) is 10.7. The van der Waals surface area contributed by atoms with Crippen molar-refractivity contribution in [2.24, 2.45) is 0 Å². The minimum absolute atomic E-state index is 0.195. The van der Waals surface area contributed by atoms with Crippen LogP contribution in [-0.2, 0) is 9.53 Å². The van der Waals surface area contributed by atoms with Crippen LogP contribution in [0, 0.1) is 0 Å². The van der Waals surface area contributed by atoms with Gasteiger partial charge in [0, 0.05) is 12.2 Å². The van der Waals surface area contributed by atoms with Gasteiger partial charge in [-0.2, -0.15) is 0 Å². The lowest BCUT2D eigenvalue weighted by atomic mass is 10.1. The first-order chi connectivity index (χ1) is 8.57. The van der Waals surface area contributed by atoms with Gasteiger partial charge in [-0.3, -0.25) is 0 Å². The van der Waals surface area contributed by atoms with Crippen molar-refractivity contribution in [3.63, 3.8) is 0 Å². The second-order valence-electron chi connectivity index (χ2n) is 4.64. The number of aliphatic hydroxyl groups excluding tert-OH is 2. The summed E-state index contributed by atoms with van der Waals surface area (Å²) in [6.45, 7) is 5.75. The van der Waals surface area contributed by atoms with Gasteiger partial charge in [0.25, 0.3) is 0 Å². The molecule has 0 spiro atoms. The molecule has 0 heterocycles. The molecular weight excluding hydrogens is 232 g/mol. The Bertz CT molecular complexity index is 238. The molecule has 0 radical (unpaired) electrons. The highest BCUT2D eigenvalue weighted by Crippen LogP contribution is 2.09. The van der Waals surface area contributed by atoms with E-state index in [9.17, 15) is 9.90 Å². The van der Waals surface area contributed by atoms with Gasteiger partial charge < -0.3 is 14.9 Å². The fourth-order valence-corrected chi connectivity index (χ4v) is 1.58. The average Bonchev–Trinajstić information content (AvgIpc) is 2.33. The summed E-state index contributed by atoms with van der Waals surface area (Å²) in [4.78, 5) is 11.0. The van der Waals surface area contributed by atoms with E-state index in [0.717, 1.165) is 44.9 Å². The fraction of sp³-hybridized carbons (Fsp3) is 0.786. The van der Waals surface area contributed by atoms with Crippen LogP contribution in [0.5, 0.6) is 0 Å². The average molecular weight is 258 g/mol. The highest BCUT2D eigenvalue weighted by Gasteiger charge is 2.04. The molecule has 0 aliphatic carbocycles. The summed E-state index contributed by atoms with van der Waals surface area (Å²) in [5.41, 5.74) is 0.425. The second-order valence-corrected chi connectivity index (χ2v) is 4.64. The SMILES string of the molecule is C=C(C)C(=O)OCCCCCC(O)CCCCO. The lowest BCUT2D eigenvalue weighted by molar-refractivity contribution is -0.139. The van der Waals surface area contributed by atoms with Crippen LogP contribution < -0.4 is 0 Å². The Morgan fingerprint density at radius 1 is 1.17 bits per heavy atom. The topological polar surface area (TPSA) is 66.8 Å². The van der Waals surface area contributed by atoms with Crippen molar-refractivity contribution in [3.05, 3.63) is 12.2 Å². The predicted molar refractivity (Wildman–Crippen MR) is 71.2 cm³/mol. The first-order valence-electron chi connectivity index (χ1n) is 6.69. The van der Waals surface area contributed by atoms with E-state index in [1.54, 1.807) is 6.92 Å². The lowest BCUT2D eigenvalue weighted by Crippen LogP contribution is -2.08. The Morgan fingerprint density at radius 2 is 1.78 bits per heavy atom. The first-order valence-corrected chi connectivity index (χ1v) is 6.69. The molecular formula is C14H26O4. The van der Waals surface area contributed by atoms with Gasteiger partial charge in [-0.15, -0.1) is 0 Å². The van der Waals surface area contributed by atoms with Gasteiger partial charge in [0.2, 0.25) is 0 Å². The molecule has 0 bridgehead atoms. The molecule has 0 saturated carbocycles. The number of ether oxygens (including phenoxy) is 1. The molecule has 0 rings (SSSR count). The van der Waals surface area contributed by atoms with Gasteiger partial charge in [0.15, 0.2) is 0 Å². The number of rotatable bonds is 11. The molecule has 0 saturated heterocycles. The third-order valence-corrected chi connectivity index (χ3v) is 2.71. The maximum absolute atomic E-state index is 11.0. The van der Waals surface area contributed by atoms with Crippen molar-refractivity contribution in [3.8, 4) is 0 Å². The predicted octanol–water partition coefficient (Wildman–Crippen LogP) is 2.19. The Labute approximate surface area is 110 Å². The third kappa shape index (κ3) is 10.3. The van der Waals surface area contributed by atoms with Gasteiger partial charge in [-0.1, -0.05) is 13.0 Å². The van der Waals surface area contributed by atoms with Gasteiger partial charge in [0.1, 0.15) is 0 Å². The summed E-state index contributed by atoms with van der Waals surface area (Å²) in [6.07, 6.45) is 5.59. The van der Waals surface area contributed by atoms with Crippen LogP contribution in [0.2, 0.25) is 0 Å². The van der Waals surface area contributed by atoms with E-state index in [2.05, 4.69) is 6.58 Å². The second kappa shape index (κ2) is 11.2. The molecule has 0 aliphatic rings. The molecule has 0 aliphatic heterocycles. The summed E-state index contributed by atoms with van der Waals surface area (Å²) >= 11 is 0. The molecule has 0 aromatic carbocycles. The fourth-order valence-electron chi connectivity index (χ4n) is 1.58. The molecule has 0 amide bonds. The lowest BCUT2D eigenvalue weighted by Gasteiger charge is -2.09. The minimum atomic E-state index is -0.334. The standard InChI is InChI=1S/C14H26O4/c1-12(2)14(17)18-11-7-3-4-8-13(16)9-5-6-10-15/h13,15-16H,1,3-11H2,2H3. The first kappa shape index (κ1) is 17.1. The molecule has 2 N–H and O–H groups in total. The highest BCUT2D eigenvalue weighted by molar-refractivity contribution is 5.86. The minimum Gasteiger partial charge on any atom is -0.462 e. The molecule has 0 fully saturated rings. The Balaban J connectivity index is 3.29. The van der Waals surface area contributed by atoms with Crippen molar-refractivity contribution in [1.29, 1.82) is 0 Å². The molecule has 18 heavy (non-hydrogen) atoms. The Hall–Kier alpha value is -0.870. The zero-order valence-corrected chi connectivity index (χ0v) is 11.4. The van der Waals surface area contributed by atoms with Gasteiger partial charge in [-0.25, -0.2) is 4.79 Å². The van der Waals surface area contributed by atoms with Crippen molar-refractivity contribution in [2.75, 3.05) is 13.2 Å². The number of hydrogen-bond acceptors (Lipinski definition) is 4. The summed E-state index contributed by atoms with van der Waals surface area (Å²) in [6, 6.07) is 0. The van der Waals surface area contributed by atoms with E-state index in [4.69, 9.17) is 9.84 Å². The number of aliphatic hydroxyl groups is 2. The molecule has 4 nitrogen and oxygen atoms in total. The van der Waals surface area contributed by atoms with Gasteiger partial charge >= 0.3 is 5.97 Å². The van der Waals surface area contributed by atoms with Gasteiger partial charge in [-0.05, 0) is 45.4 Å². The number of unbranched alkanes of at least 4 members (excludes halogenated alkanes) is 3.